The van der Waals surface area contributed by atoms with Gasteiger partial charge in [0.2, 0.25) is 0 Å². The van der Waals surface area contributed by atoms with E-state index in [1.165, 1.54) is 0 Å². The average molecular weight is 179 g/mol. The fourth-order valence-electron chi connectivity index (χ4n) is 1.29. The maximum atomic E-state index is 12.3. The number of amides is 1. The predicted molar refractivity (Wildman–Crippen MR) is 34.1 cm³/mol. The van der Waals surface area contributed by atoms with E-state index in [9.17, 15) is 18.4 Å². The second-order valence-electron chi connectivity index (χ2n) is 2.91. The van der Waals surface area contributed by atoms with Crippen LogP contribution in [-0.4, -0.2) is 28.9 Å². The summed E-state index contributed by atoms with van der Waals surface area (Å²) in [4.78, 5) is 20.3. The zero-order valence-electron chi connectivity index (χ0n) is 6.01. The van der Waals surface area contributed by atoms with Gasteiger partial charge < -0.3 is 15.2 Å². The van der Waals surface area contributed by atoms with E-state index < -0.39 is 30.4 Å². The maximum absolute atomic E-state index is 12.3. The molecule has 1 amide bonds. The zero-order chi connectivity index (χ0) is 9.41. The Balaban J connectivity index is 2.59. The van der Waals surface area contributed by atoms with Crippen molar-refractivity contribution in [1.82, 2.24) is 5.32 Å². The van der Waals surface area contributed by atoms with E-state index in [1.807, 2.05) is 0 Å². The van der Waals surface area contributed by atoms with Crippen molar-refractivity contribution in [3.63, 3.8) is 0 Å². The van der Waals surface area contributed by atoms with Crippen molar-refractivity contribution in [1.29, 1.82) is 0 Å². The van der Waals surface area contributed by atoms with Gasteiger partial charge in [0.1, 0.15) is 11.8 Å². The van der Waals surface area contributed by atoms with Crippen LogP contribution in [0.25, 0.3) is 0 Å². The van der Waals surface area contributed by atoms with Crippen molar-refractivity contribution in [2.24, 2.45) is 0 Å². The molecule has 0 aromatic heterocycles. The molecule has 1 fully saturated rings. The highest BCUT2D eigenvalue weighted by atomic mass is 19.3. The van der Waals surface area contributed by atoms with E-state index >= 15 is 0 Å². The van der Waals surface area contributed by atoms with Gasteiger partial charge in [-0.1, -0.05) is 0 Å². The number of nitrogens with one attached hydrogen (secondary N) is 1. The molecule has 0 aliphatic heterocycles. The summed E-state index contributed by atoms with van der Waals surface area (Å²) in [6.45, 7) is 0. The second kappa shape index (κ2) is 2.40. The van der Waals surface area contributed by atoms with Crippen molar-refractivity contribution in [2.45, 2.75) is 24.3 Å². The molecule has 0 saturated heterocycles. The highest BCUT2D eigenvalue weighted by molar-refractivity contribution is 5.76. The summed E-state index contributed by atoms with van der Waals surface area (Å²) in [7, 11) is 0. The number of carbonyl (C=O) groups excluding carboxylic acids is 1. The zero-order valence-corrected chi connectivity index (χ0v) is 6.01. The van der Waals surface area contributed by atoms with E-state index in [0.29, 0.717) is 0 Å². The highest BCUT2D eigenvalue weighted by Crippen LogP contribution is 2.44. The minimum absolute atomic E-state index is 0.221. The third-order valence-corrected chi connectivity index (χ3v) is 1.73. The third-order valence-electron chi connectivity index (χ3n) is 1.73. The molecule has 4 nitrogen and oxygen atoms in total. The van der Waals surface area contributed by atoms with Crippen LogP contribution in [0, 0.1) is 0 Å². The molecule has 1 rings (SSSR count). The number of aldehydes is 1. The SMILES string of the molecule is O=CC1(NC(=O)O)CC(F)(F)C1. The lowest BCUT2D eigenvalue weighted by Gasteiger charge is -2.42. The standard InChI is InChI=1S/C6H7F2NO3/c7-6(8)1-5(2-6,3-10)9-4(11)12/h3,9H,1-2H2,(H,11,12). The van der Waals surface area contributed by atoms with Gasteiger partial charge >= 0.3 is 6.09 Å². The number of halogens is 2. The van der Waals surface area contributed by atoms with Crippen LogP contribution in [0.5, 0.6) is 0 Å². The molecule has 0 bridgehead atoms. The fourth-order valence-corrected chi connectivity index (χ4v) is 1.29. The molecule has 1 aliphatic carbocycles. The van der Waals surface area contributed by atoms with Crippen molar-refractivity contribution in [3.8, 4) is 0 Å². The number of carbonyl (C=O) groups is 2. The van der Waals surface area contributed by atoms with Gasteiger partial charge in [0.15, 0.2) is 0 Å². The first-order valence-corrected chi connectivity index (χ1v) is 3.24. The molecule has 2 N–H and O–H groups in total. The van der Waals surface area contributed by atoms with Gasteiger partial charge in [0.25, 0.3) is 5.92 Å². The Labute approximate surface area is 66.6 Å². The average Bonchev–Trinajstić information content (AvgIpc) is 1.81. The lowest BCUT2D eigenvalue weighted by atomic mass is 9.74. The van der Waals surface area contributed by atoms with Gasteiger partial charge in [-0.3, -0.25) is 0 Å². The van der Waals surface area contributed by atoms with E-state index in [4.69, 9.17) is 5.11 Å². The van der Waals surface area contributed by atoms with Crippen LogP contribution in [0.3, 0.4) is 0 Å². The van der Waals surface area contributed by atoms with Crippen LogP contribution in [-0.2, 0) is 4.79 Å². The molecule has 0 unspecified atom stereocenters. The molecule has 1 saturated carbocycles. The van der Waals surface area contributed by atoms with Gasteiger partial charge in [-0.05, 0) is 0 Å². The summed E-state index contributed by atoms with van der Waals surface area (Å²) >= 11 is 0. The number of alkyl halides is 2. The quantitative estimate of drug-likeness (QED) is 0.610. The number of hydrogen-bond donors (Lipinski definition) is 2. The topological polar surface area (TPSA) is 66.4 Å². The Morgan fingerprint density at radius 1 is 1.50 bits per heavy atom. The lowest BCUT2D eigenvalue weighted by molar-refractivity contribution is -0.148. The Morgan fingerprint density at radius 2 is 2.00 bits per heavy atom. The van der Waals surface area contributed by atoms with Crippen molar-refractivity contribution >= 4 is 12.4 Å². The van der Waals surface area contributed by atoms with Gasteiger partial charge in [-0.2, -0.15) is 0 Å². The van der Waals surface area contributed by atoms with Crippen LogP contribution in [0.1, 0.15) is 12.8 Å². The normalized spacial score (nSPS) is 23.8. The fraction of sp³-hybridized carbons (Fsp3) is 0.667. The first-order chi connectivity index (χ1) is 5.39. The monoisotopic (exact) mass is 179 g/mol. The molecule has 0 atom stereocenters. The second-order valence-corrected chi connectivity index (χ2v) is 2.91. The first kappa shape index (κ1) is 8.89. The molecule has 6 heteroatoms. The van der Waals surface area contributed by atoms with Gasteiger partial charge in [0.05, 0.1) is 0 Å². The van der Waals surface area contributed by atoms with Crippen molar-refractivity contribution in [3.05, 3.63) is 0 Å². The number of carboxylic acid groups (broad SMARTS) is 1. The minimum atomic E-state index is -2.91. The van der Waals surface area contributed by atoms with E-state index in [-0.39, 0.29) is 6.29 Å². The molecule has 0 aromatic rings. The summed E-state index contributed by atoms with van der Waals surface area (Å²) in [5, 5.41) is 9.97. The minimum Gasteiger partial charge on any atom is -0.465 e. The molecular weight excluding hydrogens is 172 g/mol. The molecular formula is C6H7F2NO3. The Bertz CT molecular complexity index is 221. The predicted octanol–water partition coefficient (Wildman–Crippen LogP) is 0.621. The molecule has 0 radical (unpaired) electrons. The largest absolute Gasteiger partial charge is 0.465 e. The Kier molecular flexibility index (Phi) is 1.78. The summed E-state index contributed by atoms with van der Waals surface area (Å²) in [5.74, 6) is -2.91. The van der Waals surface area contributed by atoms with Crippen LogP contribution < -0.4 is 5.32 Å². The van der Waals surface area contributed by atoms with Crippen LogP contribution in [0.15, 0.2) is 0 Å². The van der Waals surface area contributed by atoms with E-state index in [2.05, 4.69) is 0 Å². The van der Waals surface area contributed by atoms with Crippen LogP contribution >= 0.6 is 0 Å². The molecule has 0 spiro atoms. The first-order valence-electron chi connectivity index (χ1n) is 3.24. The smallest absolute Gasteiger partial charge is 0.405 e. The van der Waals surface area contributed by atoms with E-state index in [1.54, 1.807) is 5.32 Å². The molecule has 68 valence electrons. The Morgan fingerprint density at radius 3 is 2.25 bits per heavy atom. The van der Waals surface area contributed by atoms with Crippen molar-refractivity contribution in [2.75, 3.05) is 0 Å². The molecule has 1 aliphatic rings. The lowest BCUT2D eigenvalue weighted by Crippen LogP contribution is -2.63. The third kappa shape index (κ3) is 1.51. The van der Waals surface area contributed by atoms with E-state index in [0.717, 1.165) is 0 Å². The summed E-state index contributed by atoms with van der Waals surface area (Å²) in [5.41, 5.74) is -1.56. The van der Waals surface area contributed by atoms with Gasteiger partial charge in [-0.25, -0.2) is 13.6 Å². The van der Waals surface area contributed by atoms with Gasteiger partial charge in [-0.15, -0.1) is 0 Å². The van der Waals surface area contributed by atoms with Crippen LogP contribution in [0.4, 0.5) is 13.6 Å². The van der Waals surface area contributed by atoms with Crippen molar-refractivity contribution < 1.29 is 23.5 Å². The summed E-state index contributed by atoms with van der Waals surface area (Å²) in [6, 6.07) is 0. The highest BCUT2D eigenvalue weighted by Gasteiger charge is 2.57. The molecule has 0 aromatic carbocycles. The summed E-state index contributed by atoms with van der Waals surface area (Å²) < 4.78 is 24.6. The molecule has 0 heterocycles. The van der Waals surface area contributed by atoms with Crippen LogP contribution in [0.2, 0.25) is 0 Å². The summed E-state index contributed by atoms with van der Waals surface area (Å²) in [6.07, 6.45) is -2.72. The Hall–Kier alpha value is -1.20. The maximum Gasteiger partial charge on any atom is 0.405 e. The van der Waals surface area contributed by atoms with Gasteiger partial charge in [0, 0.05) is 12.8 Å². The number of rotatable bonds is 2. The molecule has 12 heavy (non-hydrogen) atoms. The number of hydrogen-bond acceptors (Lipinski definition) is 2.